The summed E-state index contributed by atoms with van der Waals surface area (Å²) < 4.78 is 21.0. The van der Waals surface area contributed by atoms with E-state index in [1.54, 1.807) is 0 Å². The number of nitrogens with one attached hydrogen (secondary N) is 1. The molecule has 2 atom stereocenters. The molecule has 0 amide bonds. The second-order valence-corrected chi connectivity index (χ2v) is 3.41. The zero-order valence-electron chi connectivity index (χ0n) is 6.54. The maximum Gasteiger partial charge on any atom is 0.231 e. The maximum atomic E-state index is 10.9. The van der Waals surface area contributed by atoms with E-state index < -0.39 is 17.5 Å². The van der Waals surface area contributed by atoms with Crippen molar-refractivity contribution in [3.63, 3.8) is 0 Å². The van der Waals surface area contributed by atoms with Crippen LogP contribution in [0, 0.1) is 0 Å². The Morgan fingerprint density at radius 2 is 2.64 bits per heavy atom. The normalized spacial score (nSPS) is 33.2. The molecule has 0 bridgehead atoms. The van der Waals surface area contributed by atoms with Gasteiger partial charge in [-0.1, -0.05) is 0 Å². The van der Waals surface area contributed by atoms with Gasteiger partial charge in [-0.05, 0) is 13.3 Å². The summed E-state index contributed by atoms with van der Waals surface area (Å²) in [6, 6.07) is 0. The van der Waals surface area contributed by atoms with Gasteiger partial charge in [0.2, 0.25) is 6.41 Å². The number of rotatable bonds is 2. The largest absolute Gasteiger partial charge is 0.339 e. The number of hydrogen-bond donors (Lipinski definition) is 1. The summed E-state index contributed by atoms with van der Waals surface area (Å²) in [6.45, 7) is 3.24. The van der Waals surface area contributed by atoms with E-state index in [0.717, 1.165) is 13.0 Å². The van der Waals surface area contributed by atoms with Crippen LogP contribution in [0.15, 0.2) is 0 Å². The van der Waals surface area contributed by atoms with Gasteiger partial charge >= 0.3 is 0 Å². The van der Waals surface area contributed by atoms with E-state index in [1.807, 2.05) is 6.92 Å². The Bertz CT molecular complexity index is 142. The van der Waals surface area contributed by atoms with Crippen LogP contribution in [0.5, 0.6) is 0 Å². The van der Waals surface area contributed by atoms with Crippen molar-refractivity contribution in [2.24, 2.45) is 0 Å². The maximum absolute atomic E-state index is 10.9. The summed E-state index contributed by atoms with van der Waals surface area (Å²) in [5.41, 5.74) is 0. The monoisotopic (exact) mass is 179 g/mol. The van der Waals surface area contributed by atoms with Gasteiger partial charge in [0.25, 0.3) is 0 Å². The fourth-order valence-corrected chi connectivity index (χ4v) is 1.62. The highest BCUT2D eigenvalue weighted by Crippen LogP contribution is 2.01. The molecule has 2 unspecified atom stereocenters. The van der Waals surface area contributed by atoms with Crippen molar-refractivity contribution in [1.82, 2.24) is 5.32 Å². The highest BCUT2D eigenvalue weighted by atomic mass is 32.2. The lowest BCUT2D eigenvalue weighted by atomic mass is 10.5. The standard InChI is InChI=1S/C6H13NO3S/c1-2-9-6-7-4-3-5-11(8)10-6/h6-7H,2-5H2,1H3. The van der Waals surface area contributed by atoms with Gasteiger partial charge in [0.15, 0.2) is 11.1 Å². The molecule has 1 rings (SSSR count). The van der Waals surface area contributed by atoms with Crippen LogP contribution in [0.25, 0.3) is 0 Å². The quantitative estimate of drug-likeness (QED) is 0.647. The lowest BCUT2D eigenvalue weighted by molar-refractivity contribution is -0.0870. The predicted octanol–water partition coefficient (Wildman–Crippen LogP) is -0.0199. The Kier molecular flexibility index (Phi) is 3.99. The van der Waals surface area contributed by atoms with Crippen LogP contribution in [0.3, 0.4) is 0 Å². The third-order valence-electron chi connectivity index (χ3n) is 1.31. The third-order valence-corrected chi connectivity index (χ3v) is 2.32. The van der Waals surface area contributed by atoms with E-state index in [1.165, 1.54) is 0 Å². The molecule has 0 radical (unpaired) electrons. The van der Waals surface area contributed by atoms with Gasteiger partial charge in [-0.2, -0.15) is 0 Å². The van der Waals surface area contributed by atoms with Crippen LogP contribution in [0.4, 0.5) is 0 Å². The molecule has 1 N–H and O–H groups in total. The van der Waals surface area contributed by atoms with E-state index in [-0.39, 0.29) is 0 Å². The molecule has 1 fully saturated rings. The van der Waals surface area contributed by atoms with Crippen LogP contribution < -0.4 is 5.32 Å². The first-order valence-corrected chi connectivity index (χ1v) is 4.98. The van der Waals surface area contributed by atoms with Crippen LogP contribution in [0.2, 0.25) is 0 Å². The highest BCUT2D eigenvalue weighted by molar-refractivity contribution is 7.80. The first-order valence-electron chi connectivity index (χ1n) is 3.73. The topological polar surface area (TPSA) is 47.6 Å². The summed E-state index contributed by atoms with van der Waals surface area (Å²) in [5.74, 6) is 0.594. The van der Waals surface area contributed by atoms with Crippen molar-refractivity contribution in [2.75, 3.05) is 18.9 Å². The minimum Gasteiger partial charge on any atom is -0.339 e. The summed E-state index contributed by atoms with van der Waals surface area (Å²) >= 11 is -1.18. The molecule has 0 spiro atoms. The molecule has 0 saturated carbocycles. The van der Waals surface area contributed by atoms with Crippen LogP contribution >= 0.6 is 0 Å². The molecular weight excluding hydrogens is 166 g/mol. The predicted molar refractivity (Wildman–Crippen MR) is 42.1 cm³/mol. The lowest BCUT2D eigenvalue weighted by Crippen LogP contribution is -2.33. The molecule has 4 nitrogen and oxygen atoms in total. The molecule has 5 heteroatoms. The van der Waals surface area contributed by atoms with Crippen molar-refractivity contribution in [1.29, 1.82) is 0 Å². The third kappa shape index (κ3) is 3.29. The molecule has 1 aliphatic heterocycles. The molecule has 0 aliphatic carbocycles. The first-order chi connectivity index (χ1) is 5.33. The Labute approximate surface area is 68.9 Å². The van der Waals surface area contributed by atoms with E-state index >= 15 is 0 Å². The first kappa shape index (κ1) is 9.12. The smallest absolute Gasteiger partial charge is 0.231 e. The lowest BCUT2D eigenvalue weighted by Gasteiger charge is -2.13. The van der Waals surface area contributed by atoms with E-state index in [0.29, 0.717) is 12.4 Å². The SMILES string of the molecule is CCOC1NCCCS(=O)O1. The molecule has 1 aliphatic rings. The molecular formula is C6H13NO3S. The molecule has 0 aromatic rings. The Balaban J connectivity index is 2.33. The van der Waals surface area contributed by atoms with Gasteiger partial charge in [-0.15, -0.1) is 0 Å². The fraction of sp³-hybridized carbons (Fsp3) is 1.00. The van der Waals surface area contributed by atoms with E-state index in [9.17, 15) is 4.21 Å². The van der Waals surface area contributed by atoms with Gasteiger partial charge < -0.3 is 4.74 Å². The van der Waals surface area contributed by atoms with Crippen LogP contribution in [0.1, 0.15) is 13.3 Å². The summed E-state index contributed by atoms with van der Waals surface area (Å²) in [4.78, 5) is 0. The van der Waals surface area contributed by atoms with E-state index in [2.05, 4.69) is 5.32 Å². The highest BCUT2D eigenvalue weighted by Gasteiger charge is 2.15. The Morgan fingerprint density at radius 1 is 1.82 bits per heavy atom. The van der Waals surface area contributed by atoms with Crippen molar-refractivity contribution in [3.8, 4) is 0 Å². The zero-order chi connectivity index (χ0) is 8.10. The van der Waals surface area contributed by atoms with Crippen molar-refractivity contribution < 1.29 is 13.1 Å². The van der Waals surface area contributed by atoms with Gasteiger partial charge in [-0.3, -0.25) is 5.32 Å². The van der Waals surface area contributed by atoms with Gasteiger partial charge in [0.1, 0.15) is 0 Å². The number of hydrogen-bond acceptors (Lipinski definition) is 4. The average Bonchev–Trinajstić information content (AvgIpc) is 2.15. The molecule has 1 saturated heterocycles. The second-order valence-electron chi connectivity index (χ2n) is 2.20. The second kappa shape index (κ2) is 4.82. The van der Waals surface area contributed by atoms with Gasteiger partial charge in [-0.25, -0.2) is 8.39 Å². The van der Waals surface area contributed by atoms with Crippen molar-refractivity contribution >= 4 is 11.1 Å². The number of ether oxygens (including phenoxy) is 1. The summed E-state index contributed by atoms with van der Waals surface area (Å²) in [5, 5.41) is 2.98. The molecule has 1 heterocycles. The average molecular weight is 179 g/mol. The van der Waals surface area contributed by atoms with E-state index in [4.69, 9.17) is 8.92 Å². The van der Waals surface area contributed by atoms with Gasteiger partial charge in [0.05, 0.1) is 5.75 Å². The minimum atomic E-state index is -1.18. The minimum absolute atomic E-state index is 0.483. The Hall–Kier alpha value is 0.0300. The molecule has 66 valence electrons. The summed E-state index contributed by atoms with van der Waals surface area (Å²) in [6.07, 6.45) is 0.388. The molecule has 0 aromatic carbocycles. The van der Waals surface area contributed by atoms with Crippen molar-refractivity contribution in [2.45, 2.75) is 19.8 Å². The fourth-order valence-electron chi connectivity index (χ4n) is 0.828. The van der Waals surface area contributed by atoms with Crippen LogP contribution in [-0.2, 0) is 20.0 Å². The van der Waals surface area contributed by atoms with Crippen molar-refractivity contribution in [3.05, 3.63) is 0 Å². The molecule has 11 heavy (non-hydrogen) atoms. The van der Waals surface area contributed by atoms with Gasteiger partial charge in [0, 0.05) is 13.2 Å². The summed E-state index contributed by atoms with van der Waals surface area (Å²) in [7, 11) is 0. The Morgan fingerprint density at radius 3 is 3.36 bits per heavy atom. The van der Waals surface area contributed by atoms with Crippen LogP contribution in [-0.4, -0.2) is 29.5 Å². The zero-order valence-corrected chi connectivity index (χ0v) is 7.36. The molecule has 0 aromatic heterocycles.